The van der Waals surface area contributed by atoms with Gasteiger partial charge in [-0.25, -0.2) is 9.67 Å². The van der Waals surface area contributed by atoms with Crippen LogP contribution in [0.2, 0.25) is 0 Å². The number of aryl methyl sites for hydroxylation is 1. The van der Waals surface area contributed by atoms with Crippen LogP contribution in [-0.2, 0) is 24.4 Å². The van der Waals surface area contributed by atoms with E-state index in [0.29, 0.717) is 23.9 Å². The molecule has 2 aromatic rings. The number of nitrogens with two attached hydrogens (primary N) is 1. The minimum absolute atomic E-state index is 0.0900. The Labute approximate surface area is 103 Å². The molecule has 96 valence electrons. The van der Waals surface area contributed by atoms with Crippen molar-refractivity contribution >= 4 is 5.91 Å². The Morgan fingerprint density at radius 2 is 2.44 bits per heavy atom. The number of hydrogen-bond donors (Lipinski definition) is 2. The van der Waals surface area contributed by atoms with Gasteiger partial charge in [-0.3, -0.25) is 4.79 Å². The van der Waals surface area contributed by atoms with Crippen LogP contribution < -0.4 is 11.1 Å². The van der Waals surface area contributed by atoms with E-state index in [4.69, 9.17) is 10.2 Å². The summed E-state index contributed by atoms with van der Waals surface area (Å²) in [5, 5.41) is 10.2. The molecule has 0 spiro atoms. The molecule has 0 aliphatic rings. The molecule has 2 heterocycles. The summed E-state index contributed by atoms with van der Waals surface area (Å²) in [6, 6.07) is 0. The van der Waals surface area contributed by atoms with E-state index in [1.807, 2.05) is 0 Å². The summed E-state index contributed by atoms with van der Waals surface area (Å²) in [5.41, 5.74) is 6.04. The Morgan fingerprint density at radius 1 is 1.61 bits per heavy atom. The third-order valence-corrected chi connectivity index (χ3v) is 2.21. The van der Waals surface area contributed by atoms with Crippen molar-refractivity contribution < 1.29 is 9.21 Å². The lowest BCUT2D eigenvalue weighted by Crippen LogP contribution is -2.27. The van der Waals surface area contributed by atoms with Crippen molar-refractivity contribution in [1.82, 2.24) is 25.3 Å². The van der Waals surface area contributed by atoms with Gasteiger partial charge in [-0.2, -0.15) is 0 Å². The third kappa shape index (κ3) is 3.14. The average Bonchev–Trinajstić information content (AvgIpc) is 2.95. The quantitative estimate of drug-likeness (QED) is 0.729. The lowest BCUT2D eigenvalue weighted by atomic mass is 10.5. The number of carbonyl (C=O) groups is 1. The lowest BCUT2D eigenvalue weighted by Gasteiger charge is -2.01. The molecule has 0 unspecified atom stereocenters. The number of hydrogen-bond acceptors (Lipinski definition) is 6. The second kappa shape index (κ2) is 5.41. The fourth-order valence-electron chi connectivity index (χ4n) is 1.37. The van der Waals surface area contributed by atoms with E-state index in [1.54, 1.807) is 19.3 Å². The van der Waals surface area contributed by atoms with Crippen molar-refractivity contribution in [2.24, 2.45) is 5.73 Å². The third-order valence-electron chi connectivity index (χ3n) is 2.21. The van der Waals surface area contributed by atoms with Gasteiger partial charge in [0.15, 0.2) is 0 Å². The zero-order chi connectivity index (χ0) is 13.0. The van der Waals surface area contributed by atoms with Crippen LogP contribution in [0, 0.1) is 6.92 Å². The standard InChI is InChI=1S/C10H14N6O2/c1-7-3-13-10(18-7)4-12-9(17)6-16-5-8(2-11)14-15-16/h3,5H,2,4,6,11H2,1H3,(H,12,17). The summed E-state index contributed by atoms with van der Waals surface area (Å²) in [5.74, 6) is 0.990. The van der Waals surface area contributed by atoms with Gasteiger partial charge in [0.2, 0.25) is 11.8 Å². The van der Waals surface area contributed by atoms with Crippen LogP contribution in [0.3, 0.4) is 0 Å². The van der Waals surface area contributed by atoms with Gasteiger partial charge in [-0.1, -0.05) is 5.21 Å². The van der Waals surface area contributed by atoms with Gasteiger partial charge >= 0.3 is 0 Å². The molecule has 8 nitrogen and oxygen atoms in total. The maximum atomic E-state index is 11.6. The van der Waals surface area contributed by atoms with Crippen molar-refractivity contribution in [2.45, 2.75) is 26.6 Å². The summed E-state index contributed by atoms with van der Waals surface area (Å²) in [4.78, 5) is 15.6. The molecule has 18 heavy (non-hydrogen) atoms. The topological polar surface area (TPSA) is 112 Å². The SMILES string of the molecule is Cc1cnc(CNC(=O)Cn2cc(CN)nn2)o1. The highest BCUT2D eigenvalue weighted by Gasteiger charge is 2.07. The van der Waals surface area contributed by atoms with Gasteiger partial charge < -0.3 is 15.5 Å². The molecule has 0 saturated heterocycles. The fraction of sp³-hybridized carbons (Fsp3) is 0.400. The Balaban J connectivity index is 1.81. The molecule has 0 fully saturated rings. The van der Waals surface area contributed by atoms with Gasteiger partial charge in [0, 0.05) is 6.54 Å². The maximum absolute atomic E-state index is 11.6. The summed E-state index contributed by atoms with van der Waals surface area (Å²) < 4.78 is 6.66. The van der Waals surface area contributed by atoms with Crippen molar-refractivity contribution in [3.05, 3.63) is 29.7 Å². The molecule has 0 aliphatic heterocycles. The van der Waals surface area contributed by atoms with Crippen LogP contribution in [0.1, 0.15) is 17.3 Å². The Morgan fingerprint density at radius 3 is 3.06 bits per heavy atom. The molecular weight excluding hydrogens is 236 g/mol. The zero-order valence-corrected chi connectivity index (χ0v) is 9.96. The maximum Gasteiger partial charge on any atom is 0.242 e. The van der Waals surface area contributed by atoms with Crippen LogP contribution in [0.25, 0.3) is 0 Å². The summed E-state index contributed by atoms with van der Waals surface area (Å²) in [6.07, 6.45) is 3.24. The van der Waals surface area contributed by atoms with E-state index in [0.717, 1.165) is 0 Å². The van der Waals surface area contributed by atoms with E-state index >= 15 is 0 Å². The van der Waals surface area contributed by atoms with Crippen LogP contribution in [0.5, 0.6) is 0 Å². The summed E-state index contributed by atoms with van der Waals surface area (Å²) >= 11 is 0. The number of aromatic nitrogens is 4. The van der Waals surface area contributed by atoms with Gasteiger partial charge in [-0.05, 0) is 6.92 Å². The van der Waals surface area contributed by atoms with Crippen LogP contribution >= 0.6 is 0 Å². The number of oxazole rings is 1. The van der Waals surface area contributed by atoms with Gasteiger partial charge in [0.25, 0.3) is 0 Å². The van der Waals surface area contributed by atoms with Crippen molar-refractivity contribution in [3.8, 4) is 0 Å². The molecule has 3 N–H and O–H groups in total. The first-order valence-corrected chi connectivity index (χ1v) is 5.44. The van der Waals surface area contributed by atoms with Gasteiger partial charge in [0.1, 0.15) is 12.3 Å². The van der Waals surface area contributed by atoms with E-state index < -0.39 is 0 Å². The van der Waals surface area contributed by atoms with E-state index in [2.05, 4.69) is 20.6 Å². The summed E-state index contributed by atoms with van der Waals surface area (Å²) in [7, 11) is 0. The summed E-state index contributed by atoms with van der Waals surface area (Å²) in [6.45, 7) is 2.44. The van der Waals surface area contributed by atoms with Crippen LogP contribution in [0.4, 0.5) is 0 Å². The molecule has 2 rings (SSSR count). The molecule has 0 atom stereocenters. The minimum Gasteiger partial charge on any atom is -0.444 e. The fourth-order valence-corrected chi connectivity index (χ4v) is 1.37. The van der Waals surface area contributed by atoms with E-state index in [-0.39, 0.29) is 19.0 Å². The van der Waals surface area contributed by atoms with E-state index in [1.165, 1.54) is 4.68 Å². The number of amides is 1. The lowest BCUT2D eigenvalue weighted by molar-refractivity contribution is -0.122. The zero-order valence-electron chi connectivity index (χ0n) is 9.96. The predicted octanol–water partition coefficient (Wildman–Crippen LogP) is -0.650. The first kappa shape index (κ1) is 12.2. The molecule has 1 amide bonds. The van der Waals surface area contributed by atoms with Crippen molar-refractivity contribution in [2.75, 3.05) is 0 Å². The highest BCUT2D eigenvalue weighted by atomic mass is 16.4. The molecule has 0 radical (unpaired) electrons. The largest absolute Gasteiger partial charge is 0.444 e. The molecule has 8 heteroatoms. The normalized spacial score (nSPS) is 10.6. The molecule has 0 aromatic carbocycles. The van der Waals surface area contributed by atoms with Crippen molar-refractivity contribution in [1.29, 1.82) is 0 Å². The number of nitrogens with zero attached hydrogens (tertiary/aromatic N) is 4. The first-order valence-electron chi connectivity index (χ1n) is 5.44. The smallest absolute Gasteiger partial charge is 0.242 e. The van der Waals surface area contributed by atoms with Crippen LogP contribution in [0.15, 0.2) is 16.8 Å². The molecule has 0 aliphatic carbocycles. The van der Waals surface area contributed by atoms with Crippen molar-refractivity contribution in [3.63, 3.8) is 0 Å². The highest BCUT2D eigenvalue weighted by molar-refractivity contribution is 5.75. The van der Waals surface area contributed by atoms with Gasteiger partial charge in [0.05, 0.1) is 24.6 Å². The average molecular weight is 250 g/mol. The number of rotatable bonds is 5. The Hall–Kier alpha value is -2.22. The first-order chi connectivity index (χ1) is 8.67. The minimum atomic E-state index is -0.195. The molecule has 2 aromatic heterocycles. The molecule has 0 saturated carbocycles. The van der Waals surface area contributed by atoms with Crippen LogP contribution in [-0.4, -0.2) is 25.9 Å². The second-order valence-electron chi connectivity index (χ2n) is 3.75. The Bertz CT molecular complexity index is 532. The molecular formula is C10H14N6O2. The number of nitrogens with one attached hydrogen (secondary N) is 1. The number of carbonyl (C=O) groups excluding carboxylic acids is 1. The van der Waals surface area contributed by atoms with E-state index in [9.17, 15) is 4.79 Å². The highest BCUT2D eigenvalue weighted by Crippen LogP contribution is 2.00. The monoisotopic (exact) mass is 250 g/mol. The molecule has 0 bridgehead atoms. The predicted molar refractivity (Wildman–Crippen MR) is 61.0 cm³/mol. The van der Waals surface area contributed by atoms with Gasteiger partial charge in [-0.15, -0.1) is 5.10 Å². The second-order valence-corrected chi connectivity index (χ2v) is 3.75. The Kier molecular flexibility index (Phi) is 3.68.